The highest BCUT2D eigenvalue weighted by Crippen LogP contribution is 2.49. The molecule has 1 heterocycles. The lowest BCUT2D eigenvalue weighted by atomic mass is 9.75. The number of alkyl halides is 2. The SMILES string of the molecule is CNc1cc(OC)c(C(=O)N[C@@H]2[C@H]3CC[C@H](C3)[C@@H]2C(=O)NCc2nccc(C(F)F)n2)cc1OC1CCC(C)(C(=O)O)CC1. The van der Waals surface area contributed by atoms with Crippen molar-refractivity contribution in [2.45, 2.75) is 77.0 Å². The van der Waals surface area contributed by atoms with Crippen LogP contribution in [0.15, 0.2) is 24.4 Å². The first-order chi connectivity index (χ1) is 21.0. The monoisotopic (exact) mass is 615 g/mol. The van der Waals surface area contributed by atoms with Gasteiger partial charge in [-0.05, 0) is 75.8 Å². The van der Waals surface area contributed by atoms with Gasteiger partial charge in [-0.2, -0.15) is 0 Å². The van der Waals surface area contributed by atoms with Crippen LogP contribution in [-0.4, -0.2) is 59.2 Å². The number of aromatic nitrogens is 2. The molecule has 13 heteroatoms. The second-order valence-electron chi connectivity index (χ2n) is 12.3. The molecule has 0 aliphatic heterocycles. The fraction of sp³-hybridized carbons (Fsp3) is 0.581. The van der Waals surface area contributed by atoms with Crippen molar-refractivity contribution in [1.82, 2.24) is 20.6 Å². The van der Waals surface area contributed by atoms with Crippen LogP contribution in [0, 0.1) is 23.2 Å². The summed E-state index contributed by atoms with van der Waals surface area (Å²) in [5, 5.41) is 18.5. The summed E-state index contributed by atoms with van der Waals surface area (Å²) < 4.78 is 37.9. The van der Waals surface area contributed by atoms with E-state index in [1.807, 2.05) is 0 Å². The summed E-state index contributed by atoms with van der Waals surface area (Å²) in [5.74, 6) is -0.877. The number of carboxylic acid groups (broad SMARTS) is 1. The lowest BCUT2D eigenvalue weighted by Crippen LogP contribution is -2.49. The number of nitrogens with one attached hydrogen (secondary N) is 3. The van der Waals surface area contributed by atoms with Crippen LogP contribution in [0.3, 0.4) is 0 Å². The van der Waals surface area contributed by atoms with Crippen LogP contribution in [0.1, 0.15) is 80.2 Å². The predicted octanol–water partition coefficient (Wildman–Crippen LogP) is 4.34. The van der Waals surface area contributed by atoms with Gasteiger partial charge >= 0.3 is 5.97 Å². The van der Waals surface area contributed by atoms with E-state index in [-0.39, 0.29) is 41.8 Å². The van der Waals surface area contributed by atoms with Crippen molar-refractivity contribution < 1.29 is 37.7 Å². The smallest absolute Gasteiger partial charge is 0.309 e. The van der Waals surface area contributed by atoms with E-state index < -0.39 is 41.4 Å². The number of halogens is 2. The standard InChI is InChI=1S/C31H39F2N5O6/c1-31(30(41)42)9-6-18(7-10-31)44-23-13-19(22(43-3)14-21(23)34-2)28(39)38-26-17-5-4-16(12-17)25(26)29(40)36-15-24-35-11-8-20(37-24)27(32)33/h8,11,13-14,16-18,25-27,34H,4-7,9-10,12,15H2,1-3H3,(H,36,40)(H,38,39)(H,41,42)/t16-,17+,18?,25+,26-,31?/m1/s1. The van der Waals surface area contributed by atoms with Crippen molar-refractivity contribution >= 4 is 23.5 Å². The highest BCUT2D eigenvalue weighted by atomic mass is 19.3. The zero-order valence-electron chi connectivity index (χ0n) is 25.1. The van der Waals surface area contributed by atoms with Gasteiger partial charge in [-0.25, -0.2) is 18.7 Å². The number of amides is 2. The number of benzene rings is 1. The highest BCUT2D eigenvalue weighted by Gasteiger charge is 2.51. The molecule has 1 aromatic heterocycles. The van der Waals surface area contributed by atoms with E-state index in [9.17, 15) is 28.3 Å². The molecule has 11 nitrogen and oxygen atoms in total. The van der Waals surface area contributed by atoms with E-state index in [0.717, 1.165) is 25.3 Å². The molecule has 2 bridgehead atoms. The first-order valence-electron chi connectivity index (χ1n) is 15.0. The second kappa shape index (κ2) is 12.9. The number of methoxy groups -OCH3 is 1. The van der Waals surface area contributed by atoms with Crippen LogP contribution in [0.2, 0.25) is 0 Å². The van der Waals surface area contributed by atoms with E-state index in [0.29, 0.717) is 42.9 Å². The number of carboxylic acids is 1. The summed E-state index contributed by atoms with van der Waals surface area (Å²) in [4.78, 5) is 46.6. The first-order valence-corrected chi connectivity index (χ1v) is 15.0. The molecular weight excluding hydrogens is 576 g/mol. The maximum Gasteiger partial charge on any atom is 0.309 e. The highest BCUT2D eigenvalue weighted by molar-refractivity contribution is 5.99. The summed E-state index contributed by atoms with van der Waals surface area (Å²) in [5.41, 5.74) is -0.298. The Balaban J connectivity index is 1.30. The Kier molecular flexibility index (Phi) is 9.21. The molecule has 3 saturated carbocycles. The summed E-state index contributed by atoms with van der Waals surface area (Å²) in [6.45, 7) is 1.66. The fourth-order valence-electron chi connectivity index (χ4n) is 6.95. The van der Waals surface area contributed by atoms with E-state index in [1.54, 1.807) is 26.1 Å². The molecule has 1 aromatic carbocycles. The molecule has 4 atom stereocenters. The molecule has 238 valence electrons. The molecule has 0 radical (unpaired) electrons. The van der Waals surface area contributed by atoms with E-state index in [4.69, 9.17) is 9.47 Å². The van der Waals surface area contributed by atoms with Gasteiger partial charge in [0.05, 0.1) is 42.3 Å². The maximum atomic E-state index is 13.8. The van der Waals surface area contributed by atoms with Crippen LogP contribution in [0.4, 0.5) is 14.5 Å². The van der Waals surface area contributed by atoms with Crippen LogP contribution in [0.5, 0.6) is 11.5 Å². The molecule has 44 heavy (non-hydrogen) atoms. The van der Waals surface area contributed by atoms with Crippen LogP contribution in [0.25, 0.3) is 0 Å². The van der Waals surface area contributed by atoms with Gasteiger partial charge in [0.1, 0.15) is 23.0 Å². The Morgan fingerprint density at radius 1 is 1.11 bits per heavy atom. The van der Waals surface area contributed by atoms with Crippen molar-refractivity contribution in [2.24, 2.45) is 23.2 Å². The second-order valence-corrected chi connectivity index (χ2v) is 12.3. The van der Waals surface area contributed by atoms with Gasteiger partial charge in [0, 0.05) is 25.4 Å². The van der Waals surface area contributed by atoms with Gasteiger partial charge in [0.25, 0.3) is 12.3 Å². The zero-order chi connectivity index (χ0) is 31.6. The number of nitrogens with zero attached hydrogens (tertiary/aromatic N) is 2. The molecule has 2 amide bonds. The number of rotatable bonds is 11. The molecule has 0 saturated heterocycles. The number of carbonyl (C=O) groups excluding carboxylic acids is 2. The van der Waals surface area contributed by atoms with Gasteiger partial charge in [-0.1, -0.05) is 0 Å². The number of ether oxygens (including phenoxy) is 2. The minimum atomic E-state index is -2.74. The zero-order valence-corrected chi connectivity index (χ0v) is 25.1. The quantitative estimate of drug-likeness (QED) is 0.289. The van der Waals surface area contributed by atoms with Crippen molar-refractivity contribution in [3.05, 3.63) is 41.5 Å². The van der Waals surface area contributed by atoms with Gasteiger partial charge in [0.2, 0.25) is 5.91 Å². The Bertz CT molecular complexity index is 1400. The third kappa shape index (κ3) is 6.41. The summed E-state index contributed by atoms with van der Waals surface area (Å²) in [7, 11) is 3.20. The van der Waals surface area contributed by atoms with Gasteiger partial charge in [-0.15, -0.1) is 0 Å². The topological polar surface area (TPSA) is 152 Å². The third-order valence-electron chi connectivity index (χ3n) is 9.55. The van der Waals surface area contributed by atoms with Crippen LogP contribution >= 0.6 is 0 Å². The molecule has 5 rings (SSSR count). The third-order valence-corrected chi connectivity index (χ3v) is 9.55. The number of hydrogen-bond donors (Lipinski definition) is 4. The molecule has 3 aliphatic rings. The van der Waals surface area contributed by atoms with Crippen molar-refractivity contribution in [3.8, 4) is 11.5 Å². The van der Waals surface area contributed by atoms with Gasteiger partial charge in [-0.3, -0.25) is 14.4 Å². The number of hydrogen-bond acceptors (Lipinski definition) is 8. The largest absolute Gasteiger partial charge is 0.496 e. The number of fused-ring (bicyclic) bond motifs is 2. The summed E-state index contributed by atoms with van der Waals surface area (Å²) in [6.07, 6.45) is 2.97. The Labute approximate surface area is 254 Å². The molecule has 0 spiro atoms. The lowest BCUT2D eigenvalue weighted by Gasteiger charge is -2.34. The fourth-order valence-corrected chi connectivity index (χ4v) is 6.95. The predicted molar refractivity (Wildman–Crippen MR) is 156 cm³/mol. The number of aliphatic carboxylic acids is 1. The van der Waals surface area contributed by atoms with Crippen molar-refractivity contribution in [1.29, 1.82) is 0 Å². The molecule has 3 fully saturated rings. The van der Waals surface area contributed by atoms with Crippen LogP contribution < -0.4 is 25.4 Å². The molecular formula is C31H39F2N5O6. The number of carbonyl (C=O) groups is 3. The number of anilines is 1. The summed E-state index contributed by atoms with van der Waals surface area (Å²) >= 11 is 0. The first kappa shape index (κ1) is 31.4. The van der Waals surface area contributed by atoms with Crippen LogP contribution in [-0.2, 0) is 16.1 Å². The van der Waals surface area contributed by atoms with E-state index >= 15 is 0 Å². The molecule has 4 N–H and O–H groups in total. The van der Waals surface area contributed by atoms with Gasteiger partial charge < -0.3 is 30.5 Å². The Morgan fingerprint density at radius 3 is 2.50 bits per heavy atom. The Hall–Kier alpha value is -4.03. The van der Waals surface area contributed by atoms with E-state index in [2.05, 4.69) is 25.9 Å². The normalized spacial score (nSPS) is 27.5. The molecule has 0 unspecified atom stereocenters. The average molecular weight is 616 g/mol. The van der Waals surface area contributed by atoms with Crippen molar-refractivity contribution in [2.75, 3.05) is 19.5 Å². The lowest BCUT2D eigenvalue weighted by molar-refractivity contribution is -0.150. The summed E-state index contributed by atoms with van der Waals surface area (Å²) in [6, 6.07) is 4.03. The average Bonchev–Trinajstić information content (AvgIpc) is 3.63. The van der Waals surface area contributed by atoms with Gasteiger partial charge in [0.15, 0.2) is 0 Å². The Morgan fingerprint density at radius 2 is 1.84 bits per heavy atom. The minimum Gasteiger partial charge on any atom is -0.496 e. The molecule has 2 aromatic rings. The van der Waals surface area contributed by atoms with E-state index in [1.165, 1.54) is 13.3 Å². The maximum absolute atomic E-state index is 13.8. The van der Waals surface area contributed by atoms with Crippen molar-refractivity contribution in [3.63, 3.8) is 0 Å². The molecule has 3 aliphatic carbocycles. The minimum absolute atomic E-state index is 0.0901.